The molecule has 1 aliphatic rings. The maximum absolute atomic E-state index is 11.5. The summed E-state index contributed by atoms with van der Waals surface area (Å²) in [7, 11) is 1.90. The first-order valence-electron chi connectivity index (χ1n) is 5.00. The van der Waals surface area contributed by atoms with E-state index in [4.69, 9.17) is 5.73 Å². The minimum Gasteiger partial charge on any atom is -0.401 e. The van der Waals surface area contributed by atoms with Crippen molar-refractivity contribution in [3.63, 3.8) is 0 Å². The molecule has 1 saturated heterocycles. The van der Waals surface area contributed by atoms with Gasteiger partial charge < -0.3 is 15.5 Å². The average Bonchev–Trinajstić information content (AvgIpc) is 2.27. The van der Waals surface area contributed by atoms with Crippen LogP contribution in [0.2, 0.25) is 0 Å². The number of rotatable bonds is 5. The highest BCUT2D eigenvalue weighted by atomic mass is 127. The largest absolute Gasteiger partial charge is 0.401 e. The van der Waals surface area contributed by atoms with Crippen LogP contribution in [0.25, 0.3) is 0 Å². The number of alkyl halides is 1. The van der Waals surface area contributed by atoms with Crippen LogP contribution < -0.4 is 5.73 Å². The van der Waals surface area contributed by atoms with Gasteiger partial charge in [0.25, 0.3) is 0 Å². The standard InChI is InChI=1S/C10H16IN3O2/c1-7-10(16)9(14(7)6-15)3-8(12)4-13(2)5-11/h4,6-7,9H,3,5,12H2,1-2H3/b8-4-/t7?,9-/m0/s1. The van der Waals surface area contributed by atoms with Gasteiger partial charge in [0.2, 0.25) is 6.41 Å². The lowest BCUT2D eigenvalue weighted by Crippen LogP contribution is -2.63. The van der Waals surface area contributed by atoms with E-state index in [1.165, 1.54) is 4.90 Å². The SMILES string of the molecule is CC1C(=O)[C@H](C/C(N)=C/N(C)CI)N1C=O. The number of hydrogen-bond acceptors (Lipinski definition) is 4. The number of halogens is 1. The van der Waals surface area contributed by atoms with E-state index in [0.29, 0.717) is 18.5 Å². The third-order valence-corrected chi connectivity index (χ3v) is 3.75. The van der Waals surface area contributed by atoms with Gasteiger partial charge >= 0.3 is 0 Å². The summed E-state index contributed by atoms with van der Waals surface area (Å²) in [6, 6.07) is -0.663. The summed E-state index contributed by atoms with van der Waals surface area (Å²) in [5.74, 6) is 0.0839. The van der Waals surface area contributed by atoms with Crippen molar-refractivity contribution in [3.8, 4) is 0 Å². The molecule has 90 valence electrons. The summed E-state index contributed by atoms with van der Waals surface area (Å²) < 4.78 is 0.824. The molecular weight excluding hydrogens is 321 g/mol. The van der Waals surface area contributed by atoms with Crippen molar-refractivity contribution in [1.29, 1.82) is 0 Å². The van der Waals surface area contributed by atoms with Gasteiger partial charge in [-0.25, -0.2) is 0 Å². The lowest BCUT2D eigenvalue weighted by atomic mass is 9.90. The average molecular weight is 337 g/mol. The molecule has 0 radical (unpaired) electrons. The Balaban J connectivity index is 2.58. The molecular formula is C10H16IN3O2. The molecule has 5 nitrogen and oxygen atoms in total. The molecule has 0 aliphatic carbocycles. The number of amides is 1. The van der Waals surface area contributed by atoms with Crippen LogP contribution in [-0.2, 0) is 9.59 Å². The highest BCUT2D eigenvalue weighted by Crippen LogP contribution is 2.23. The molecule has 0 aromatic rings. The van der Waals surface area contributed by atoms with Crippen LogP contribution in [0.3, 0.4) is 0 Å². The molecule has 0 spiro atoms. The lowest BCUT2D eigenvalue weighted by molar-refractivity contribution is -0.151. The Bertz CT molecular complexity index is 319. The Kier molecular flexibility index (Phi) is 4.57. The van der Waals surface area contributed by atoms with E-state index in [9.17, 15) is 9.59 Å². The Hall–Kier alpha value is -0.790. The number of hydrogen-bond donors (Lipinski definition) is 1. The van der Waals surface area contributed by atoms with Crippen LogP contribution in [0.4, 0.5) is 0 Å². The first kappa shape index (κ1) is 13.3. The summed E-state index contributed by atoms with van der Waals surface area (Å²) in [5, 5.41) is 0. The van der Waals surface area contributed by atoms with Crippen molar-refractivity contribution in [2.45, 2.75) is 25.4 Å². The van der Waals surface area contributed by atoms with Crippen molar-refractivity contribution in [2.24, 2.45) is 5.73 Å². The normalized spacial score (nSPS) is 25.3. The molecule has 1 unspecified atom stereocenters. The highest BCUT2D eigenvalue weighted by Gasteiger charge is 2.43. The van der Waals surface area contributed by atoms with Crippen molar-refractivity contribution >= 4 is 34.8 Å². The fraction of sp³-hybridized carbons (Fsp3) is 0.600. The summed E-state index contributed by atoms with van der Waals surface area (Å²) in [6.07, 6.45) is 2.93. The molecule has 1 heterocycles. The van der Waals surface area contributed by atoms with Gasteiger partial charge in [-0.15, -0.1) is 0 Å². The van der Waals surface area contributed by atoms with Crippen molar-refractivity contribution in [3.05, 3.63) is 11.9 Å². The number of nitrogens with two attached hydrogens (primary N) is 1. The summed E-state index contributed by atoms with van der Waals surface area (Å²) in [6.45, 7) is 1.73. The minimum atomic E-state index is -0.369. The molecule has 0 saturated carbocycles. The predicted molar refractivity (Wildman–Crippen MR) is 69.7 cm³/mol. The zero-order valence-corrected chi connectivity index (χ0v) is 11.5. The number of Topliss-reactive ketones (excluding diaryl/α,β-unsaturated/α-hetero) is 1. The Labute approximate surface area is 109 Å². The zero-order chi connectivity index (χ0) is 12.3. The number of carbonyl (C=O) groups is 2. The van der Waals surface area contributed by atoms with Crippen molar-refractivity contribution < 1.29 is 9.59 Å². The maximum Gasteiger partial charge on any atom is 0.210 e. The molecule has 6 heteroatoms. The van der Waals surface area contributed by atoms with E-state index < -0.39 is 0 Å². The molecule has 0 aromatic heterocycles. The second-order valence-electron chi connectivity index (χ2n) is 3.93. The summed E-state index contributed by atoms with van der Waals surface area (Å²) in [5.41, 5.74) is 6.43. The predicted octanol–water partition coefficient (Wildman–Crippen LogP) is 0.299. The summed E-state index contributed by atoms with van der Waals surface area (Å²) >= 11 is 2.21. The second-order valence-corrected chi connectivity index (χ2v) is 4.61. The molecule has 2 N–H and O–H groups in total. The molecule has 1 amide bonds. The van der Waals surface area contributed by atoms with Crippen LogP contribution in [0.15, 0.2) is 11.9 Å². The van der Waals surface area contributed by atoms with Crippen LogP contribution in [0, 0.1) is 0 Å². The van der Waals surface area contributed by atoms with Crippen LogP contribution in [0.1, 0.15) is 13.3 Å². The quantitative estimate of drug-likeness (QED) is 0.339. The van der Waals surface area contributed by atoms with E-state index in [1.807, 2.05) is 11.9 Å². The minimum absolute atomic E-state index is 0.0839. The van der Waals surface area contributed by atoms with Crippen LogP contribution >= 0.6 is 22.6 Å². The van der Waals surface area contributed by atoms with Crippen LogP contribution in [-0.4, -0.2) is 45.7 Å². The third-order valence-electron chi connectivity index (χ3n) is 2.67. The third kappa shape index (κ3) is 2.66. The van der Waals surface area contributed by atoms with E-state index in [1.54, 1.807) is 13.1 Å². The van der Waals surface area contributed by atoms with Gasteiger partial charge in [-0.1, -0.05) is 22.6 Å². The fourth-order valence-corrected chi connectivity index (χ4v) is 1.92. The lowest BCUT2D eigenvalue weighted by Gasteiger charge is -2.42. The molecule has 0 bridgehead atoms. The monoisotopic (exact) mass is 337 g/mol. The fourth-order valence-electron chi connectivity index (χ4n) is 1.72. The number of likely N-dealkylation sites (tertiary alicyclic amines) is 1. The van der Waals surface area contributed by atoms with Gasteiger partial charge in [0.15, 0.2) is 5.78 Å². The van der Waals surface area contributed by atoms with Gasteiger partial charge in [-0.05, 0) is 6.92 Å². The van der Waals surface area contributed by atoms with Gasteiger partial charge in [-0.3, -0.25) is 9.59 Å². The van der Waals surface area contributed by atoms with Gasteiger partial charge in [0.05, 0.1) is 16.6 Å². The van der Waals surface area contributed by atoms with Gasteiger partial charge in [0.1, 0.15) is 0 Å². The number of nitrogens with zero attached hydrogens (tertiary/aromatic N) is 2. The van der Waals surface area contributed by atoms with E-state index in [-0.39, 0.29) is 17.9 Å². The Morgan fingerprint density at radius 1 is 1.69 bits per heavy atom. The Morgan fingerprint density at radius 2 is 2.31 bits per heavy atom. The number of ketones is 1. The molecule has 1 aliphatic heterocycles. The van der Waals surface area contributed by atoms with E-state index >= 15 is 0 Å². The smallest absolute Gasteiger partial charge is 0.210 e. The zero-order valence-electron chi connectivity index (χ0n) is 9.39. The van der Waals surface area contributed by atoms with Gasteiger partial charge in [-0.2, -0.15) is 0 Å². The van der Waals surface area contributed by atoms with Crippen molar-refractivity contribution in [2.75, 3.05) is 11.6 Å². The first-order chi connectivity index (χ1) is 7.51. The molecule has 16 heavy (non-hydrogen) atoms. The van der Waals surface area contributed by atoms with Gasteiger partial charge in [0, 0.05) is 25.4 Å². The Morgan fingerprint density at radius 3 is 2.81 bits per heavy atom. The summed E-state index contributed by atoms with van der Waals surface area (Å²) in [4.78, 5) is 25.7. The van der Waals surface area contributed by atoms with E-state index in [0.717, 1.165) is 4.55 Å². The second kappa shape index (κ2) is 5.51. The van der Waals surface area contributed by atoms with Crippen LogP contribution in [0.5, 0.6) is 0 Å². The molecule has 1 rings (SSSR count). The molecule has 0 aromatic carbocycles. The van der Waals surface area contributed by atoms with E-state index in [2.05, 4.69) is 22.6 Å². The first-order valence-corrected chi connectivity index (χ1v) is 6.52. The molecule has 2 atom stereocenters. The maximum atomic E-state index is 11.5. The highest BCUT2D eigenvalue weighted by molar-refractivity contribution is 14.1. The molecule has 1 fully saturated rings. The van der Waals surface area contributed by atoms with Crippen molar-refractivity contribution in [1.82, 2.24) is 9.80 Å². The topological polar surface area (TPSA) is 66.6 Å². The number of carbonyl (C=O) groups excluding carboxylic acids is 2.